The first-order valence-corrected chi connectivity index (χ1v) is 6.33. The Morgan fingerprint density at radius 2 is 2.47 bits per heavy atom. The third-order valence-electron chi connectivity index (χ3n) is 3.25. The maximum Gasteiger partial charge on any atom is 0.171 e. The van der Waals surface area contributed by atoms with E-state index in [2.05, 4.69) is 22.1 Å². The SMILES string of the molecule is CCNCC1CCCN1c1ncccc1OC. The van der Waals surface area contributed by atoms with Crippen LogP contribution in [-0.4, -0.2) is 37.8 Å². The first-order chi connectivity index (χ1) is 8.36. The van der Waals surface area contributed by atoms with Crippen LogP contribution < -0.4 is 15.0 Å². The summed E-state index contributed by atoms with van der Waals surface area (Å²) in [5.74, 6) is 1.85. The number of anilines is 1. The van der Waals surface area contributed by atoms with Gasteiger partial charge in [0, 0.05) is 25.3 Å². The topological polar surface area (TPSA) is 37.4 Å². The van der Waals surface area contributed by atoms with Crippen LogP contribution in [0.3, 0.4) is 0 Å². The van der Waals surface area contributed by atoms with Crippen molar-refractivity contribution in [2.24, 2.45) is 0 Å². The lowest BCUT2D eigenvalue weighted by Gasteiger charge is -2.27. The predicted octanol–water partition coefficient (Wildman–Crippen LogP) is 1.67. The number of aromatic nitrogens is 1. The zero-order chi connectivity index (χ0) is 12.1. The zero-order valence-corrected chi connectivity index (χ0v) is 10.6. The Kier molecular flexibility index (Phi) is 4.20. The molecule has 1 saturated heterocycles. The minimum atomic E-state index is 0.541. The number of methoxy groups -OCH3 is 1. The summed E-state index contributed by atoms with van der Waals surface area (Å²) in [6, 6.07) is 4.43. The monoisotopic (exact) mass is 235 g/mol. The molecule has 1 fully saturated rings. The van der Waals surface area contributed by atoms with E-state index in [1.54, 1.807) is 7.11 Å². The Morgan fingerprint density at radius 3 is 3.24 bits per heavy atom. The lowest BCUT2D eigenvalue weighted by atomic mass is 10.2. The summed E-state index contributed by atoms with van der Waals surface area (Å²) in [5, 5.41) is 3.42. The molecule has 4 nitrogen and oxygen atoms in total. The normalized spacial score (nSPS) is 19.6. The van der Waals surface area contributed by atoms with E-state index in [1.807, 2.05) is 18.3 Å². The van der Waals surface area contributed by atoms with E-state index in [4.69, 9.17) is 4.74 Å². The number of rotatable bonds is 5. The van der Waals surface area contributed by atoms with Crippen molar-refractivity contribution in [2.75, 3.05) is 31.6 Å². The minimum absolute atomic E-state index is 0.541. The zero-order valence-electron chi connectivity index (χ0n) is 10.6. The second-order valence-electron chi connectivity index (χ2n) is 4.33. The maximum absolute atomic E-state index is 5.39. The number of nitrogens with zero attached hydrogens (tertiary/aromatic N) is 2. The molecule has 0 aromatic carbocycles. The van der Waals surface area contributed by atoms with Crippen molar-refractivity contribution in [3.8, 4) is 5.75 Å². The Hall–Kier alpha value is -1.29. The Labute approximate surface area is 103 Å². The van der Waals surface area contributed by atoms with Crippen molar-refractivity contribution in [1.29, 1.82) is 0 Å². The summed E-state index contributed by atoms with van der Waals surface area (Å²) < 4.78 is 5.39. The van der Waals surface area contributed by atoms with Crippen molar-refractivity contribution >= 4 is 5.82 Å². The predicted molar refractivity (Wildman–Crippen MR) is 69.7 cm³/mol. The molecule has 1 atom stereocenters. The molecule has 1 N–H and O–H groups in total. The smallest absolute Gasteiger partial charge is 0.171 e. The van der Waals surface area contributed by atoms with Gasteiger partial charge in [-0.25, -0.2) is 4.98 Å². The van der Waals surface area contributed by atoms with Gasteiger partial charge >= 0.3 is 0 Å². The average molecular weight is 235 g/mol. The van der Waals surface area contributed by atoms with Crippen LogP contribution in [0.25, 0.3) is 0 Å². The number of hydrogen-bond donors (Lipinski definition) is 1. The molecule has 2 heterocycles. The highest BCUT2D eigenvalue weighted by atomic mass is 16.5. The average Bonchev–Trinajstić information content (AvgIpc) is 2.84. The third-order valence-corrected chi connectivity index (χ3v) is 3.25. The lowest BCUT2D eigenvalue weighted by Crippen LogP contribution is -2.38. The minimum Gasteiger partial charge on any atom is -0.493 e. The van der Waals surface area contributed by atoms with E-state index >= 15 is 0 Å². The summed E-state index contributed by atoms with van der Waals surface area (Å²) in [7, 11) is 1.70. The fraction of sp³-hybridized carbons (Fsp3) is 0.615. The number of likely N-dealkylation sites (N-methyl/N-ethyl adjacent to an activating group) is 1. The van der Waals surface area contributed by atoms with Crippen LogP contribution >= 0.6 is 0 Å². The van der Waals surface area contributed by atoms with Gasteiger partial charge in [0.25, 0.3) is 0 Å². The van der Waals surface area contributed by atoms with Crippen LogP contribution in [0.5, 0.6) is 5.75 Å². The molecule has 1 aromatic rings. The van der Waals surface area contributed by atoms with E-state index < -0.39 is 0 Å². The maximum atomic E-state index is 5.39. The quantitative estimate of drug-likeness (QED) is 0.842. The van der Waals surface area contributed by atoms with Crippen molar-refractivity contribution in [3.05, 3.63) is 18.3 Å². The van der Waals surface area contributed by atoms with Gasteiger partial charge in [-0.15, -0.1) is 0 Å². The van der Waals surface area contributed by atoms with Crippen molar-refractivity contribution in [2.45, 2.75) is 25.8 Å². The third kappa shape index (κ3) is 2.69. The highest BCUT2D eigenvalue weighted by Gasteiger charge is 2.27. The molecule has 2 rings (SSSR count). The van der Waals surface area contributed by atoms with Crippen LogP contribution in [0, 0.1) is 0 Å². The van der Waals surface area contributed by atoms with Crippen LogP contribution in [0.2, 0.25) is 0 Å². The van der Waals surface area contributed by atoms with Crippen LogP contribution in [0.4, 0.5) is 5.82 Å². The van der Waals surface area contributed by atoms with Gasteiger partial charge in [0.2, 0.25) is 0 Å². The summed E-state index contributed by atoms with van der Waals surface area (Å²) in [6.07, 6.45) is 4.29. The van der Waals surface area contributed by atoms with Gasteiger partial charge in [-0.2, -0.15) is 0 Å². The Bertz CT molecular complexity index is 356. The fourth-order valence-electron chi connectivity index (χ4n) is 2.39. The number of hydrogen-bond acceptors (Lipinski definition) is 4. The Balaban J connectivity index is 2.14. The van der Waals surface area contributed by atoms with E-state index in [9.17, 15) is 0 Å². The second-order valence-corrected chi connectivity index (χ2v) is 4.33. The van der Waals surface area contributed by atoms with E-state index in [0.29, 0.717) is 6.04 Å². The van der Waals surface area contributed by atoms with Crippen molar-refractivity contribution in [3.63, 3.8) is 0 Å². The van der Waals surface area contributed by atoms with E-state index in [-0.39, 0.29) is 0 Å². The van der Waals surface area contributed by atoms with Crippen LogP contribution in [0.15, 0.2) is 18.3 Å². The van der Waals surface area contributed by atoms with Gasteiger partial charge < -0.3 is 15.0 Å². The fourth-order valence-corrected chi connectivity index (χ4v) is 2.39. The van der Waals surface area contributed by atoms with Crippen LogP contribution in [0.1, 0.15) is 19.8 Å². The first-order valence-electron chi connectivity index (χ1n) is 6.33. The number of pyridine rings is 1. The van der Waals surface area contributed by atoms with Crippen molar-refractivity contribution < 1.29 is 4.74 Å². The molecule has 17 heavy (non-hydrogen) atoms. The first kappa shape index (κ1) is 12.2. The van der Waals surface area contributed by atoms with Gasteiger partial charge in [-0.05, 0) is 31.5 Å². The highest BCUT2D eigenvalue weighted by Crippen LogP contribution is 2.30. The van der Waals surface area contributed by atoms with Gasteiger partial charge in [0.05, 0.1) is 7.11 Å². The van der Waals surface area contributed by atoms with Gasteiger partial charge in [-0.1, -0.05) is 6.92 Å². The molecule has 94 valence electrons. The molecule has 1 unspecified atom stereocenters. The molecule has 0 saturated carbocycles. The van der Waals surface area contributed by atoms with E-state index in [0.717, 1.165) is 31.2 Å². The van der Waals surface area contributed by atoms with Gasteiger partial charge in [-0.3, -0.25) is 0 Å². The summed E-state index contributed by atoms with van der Waals surface area (Å²) in [5.41, 5.74) is 0. The molecule has 0 spiro atoms. The Morgan fingerprint density at radius 1 is 1.59 bits per heavy atom. The summed E-state index contributed by atoms with van der Waals surface area (Å²) >= 11 is 0. The molecule has 1 aliphatic rings. The largest absolute Gasteiger partial charge is 0.493 e. The van der Waals surface area contributed by atoms with Gasteiger partial charge in [0.15, 0.2) is 11.6 Å². The summed E-state index contributed by atoms with van der Waals surface area (Å²) in [6.45, 7) is 5.25. The standard InChI is InChI=1S/C13H21N3O/c1-3-14-10-11-6-5-9-16(11)13-12(17-2)7-4-8-15-13/h4,7-8,11,14H,3,5-6,9-10H2,1-2H3. The molecule has 1 aromatic heterocycles. The van der Waals surface area contributed by atoms with Gasteiger partial charge in [0.1, 0.15) is 0 Å². The molecule has 0 amide bonds. The summed E-state index contributed by atoms with van der Waals surface area (Å²) in [4.78, 5) is 6.83. The molecule has 0 aliphatic carbocycles. The molecule has 4 heteroatoms. The molecule has 0 bridgehead atoms. The number of nitrogens with one attached hydrogen (secondary N) is 1. The molecule has 0 radical (unpaired) electrons. The highest BCUT2D eigenvalue weighted by molar-refractivity contribution is 5.53. The van der Waals surface area contributed by atoms with E-state index in [1.165, 1.54) is 12.8 Å². The molecular weight excluding hydrogens is 214 g/mol. The molecule has 1 aliphatic heterocycles. The van der Waals surface area contributed by atoms with Crippen molar-refractivity contribution in [1.82, 2.24) is 10.3 Å². The lowest BCUT2D eigenvalue weighted by molar-refractivity contribution is 0.411. The second kappa shape index (κ2) is 5.87. The number of ether oxygens (including phenoxy) is 1. The van der Waals surface area contributed by atoms with Crippen LogP contribution in [-0.2, 0) is 0 Å². The molecular formula is C13H21N3O.